The Morgan fingerprint density at radius 3 is 2.06 bits per heavy atom. The van der Waals surface area contributed by atoms with Crippen molar-refractivity contribution in [1.82, 2.24) is 14.4 Å². The lowest BCUT2D eigenvalue weighted by Gasteiger charge is -2.39. The van der Waals surface area contributed by atoms with Gasteiger partial charge in [0.2, 0.25) is 5.43 Å². The van der Waals surface area contributed by atoms with E-state index in [4.69, 9.17) is 4.74 Å². The molecule has 0 bridgehead atoms. The molecule has 0 N–H and O–H groups in total. The van der Waals surface area contributed by atoms with Gasteiger partial charge in [-0.15, -0.1) is 0 Å². The summed E-state index contributed by atoms with van der Waals surface area (Å²) in [7, 11) is 1.85. The van der Waals surface area contributed by atoms with Crippen LogP contribution >= 0.6 is 0 Å². The van der Waals surface area contributed by atoms with E-state index in [9.17, 15) is 9.59 Å². The summed E-state index contributed by atoms with van der Waals surface area (Å²) in [5.74, 6) is 0.113. The van der Waals surface area contributed by atoms with E-state index in [1.54, 1.807) is 6.20 Å². The van der Waals surface area contributed by atoms with Crippen molar-refractivity contribution in [3.63, 3.8) is 0 Å². The molecule has 1 aromatic heterocycles. The highest BCUT2D eigenvalue weighted by atomic mass is 16.5. The standard InChI is InChI=1S/C26H29N3O3/c1-20-17-23(30)24(18-27(20)2)32-19-25(31)28-13-15-29(16-14-28)26(21-9-5-3-6-10-21)22-11-7-4-8-12-22/h3-12,17-18,26H,13-16,19H2,1-2H3. The number of ether oxygens (including phenoxy) is 1. The molecule has 6 heteroatoms. The van der Waals surface area contributed by atoms with Crippen molar-refractivity contribution in [3.05, 3.63) is 100.0 Å². The largest absolute Gasteiger partial charge is 0.478 e. The van der Waals surface area contributed by atoms with Crippen LogP contribution in [0.2, 0.25) is 0 Å². The van der Waals surface area contributed by atoms with Crippen LogP contribution in [0.25, 0.3) is 0 Å². The minimum atomic E-state index is -0.202. The van der Waals surface area contributed by atoms with Gasteiger partial charge in [-0.2, -0.15) is 0 Å². The van der Waals surface area contributed by atoms with Crippen molar-refractivity contribution < 1.29 is 9.53 Å². The number of hydrogen-bond acceptors (Lipinski definition) is 4. The van der Waals surface area contributed by atoms with Gasteiger partial charge in [0.15, 0.2) is 12.4 Å². The Morgan fingerprint density at radius 2 is 1.50 bits per heavy atom. The molecular weight excluding hydrogens is 402 g/mol. The van der Waals surface area contributed by atoms with Crippen molar-refractivity contribution >= 4 is 5.91 Å². The molecule has 0 saturated carbocycles. The maximum atomic E-state index is 12.7. The number of piperazine rings is 1. The van der Waals surface area contributed by atoms with E-state index in [-0.39, 0.29) is 29.7 Å². The Labute approximate surface area is 188 Å². The highest BCUT2D eigenvalue weighted by molar-refractivity contribution is 5.77. The van der Waals surface area contributed by atoms with Gasteiger partial charge >= 0.3 is 0 Å². The SMILES string of the molecule is Cc1cc(=O)c(OCC(=O)N2CCN(C(c3ccccc3)c3ccccc3)CC2)cn1C. The van der Waals surface area contributed by atoms with E-state index in [1.807, 2.05) is 35.6 Å². The number of aryl methyl sites for hydroxylation is 2. The van der Waals surface area contributed by atoms with Gasteiger partial charge in [0.25, 0.3) is 5.91 Å². The molecule has 0 unspecified atom stereocenters. The number of carbonyl (C=O) groups is 1. The summed E-state index contributed by atoms with van der Waals surface area (Å²) in [5, 5.41) is 0. The van der Waals surface area contributed by atoms with Crippen molar-refractivity contribution in [2.45, 2.75) is 13.0 Å². The first-order chi connectivity index (χ1) is 15.5. The minimum Gasteiger partial charge on any atom is -0.478 e. The van der Waals surface area contributed by atoms with Crippen LogP contribution in [-0.2, 0) is 11.8 Å². The van der Waals surface area contributed by atoms with Crippen molar-refractivity contribution in [2.75, 3.05) is 32.8 Å². The molecular formula is C26H29N3O3. The molecule has 32 heavy (non-hydrogen) atoms. The molecule has 0 spiro atoms. The highest BCUT2D eigenvalue weighted by Crippen LogP contribution is 2.29. The third kappa shape index (κ3) is 4.92. The number of carbonyl (C=O) groups excluding carboxylic acids is 1. The fourth-order valence-corrected chi connectivity index (χ4v) is 4.16. The maximum Gasteiger partial charge on any atom is 0.260 e. The average Bonchev–Trinajstić information content (AvgIpc) is 2.82. The second kappa shape index (κ2) is 9.83. The van der Waals surface area contributed by atoms with Crippen LogP contribution in [-0.4, -0.2) is 53.1 Å². The van der Waals surface area contributed by atoms with Crippen molar-refractivity contribution in [2.24, 2.45) is 7.05 Å². The fourth-order valence-electron chi connectivity index (χ4n) is 4.16. The Kier molecular flexibility index (Phi) is 6.71. The zero-order chi connectivity index (χ0) is 22.5. The average molecular weight is 432 g/mol. The monoisotopic (exact) mass is 431 g/mol. The molecule has 2 aromatic carbocycles. The molecule has 1 fully saturated rings. The van der Waals surface area contributed by atoms with Crippen LogP contribution in [0.4, 0.5) is 0 Å². The summed E-state index contributed by atoms with van der Waals surface area (Å²) < 4.78 is 7.38. The Bertz CT molecular complexity index is 1060. The molecule has 1 aliphatic rings. The van der Waals surface area contributed by atoms with E-state index in [2.05, 4.69) is 53.4 Å². The molecule has 6 nitrogen and oxygen atoms in total. The number of amides is 1. The third-order valence-electron chi connectivity index (χ3n) is 6.06. The van der Waals surface area contributed by atoms with Gasteiger partial charge in [-0.25, -0.2) is 0 Å². The number of benzene rings is 2. The first-order valence-corrected chi connectivity index (χ1v) is 10.9. The summed E-state index contributed by atoms with van der Waals surface area (Å²) >= 11 is 0. The number of pyridine rings is 1. The molecule has 0 radical (unpaired) electrons. The number of aromatic nitrogens is 1. The Hall–Kier alpha value is -3.38. The summed E-state index contributed by atoms with van der Waals surface area (Å²) in [6.45, 7) is 4.53. The molecule has 4 rings (SSSR count). The molecule has 0 aliphatic carbocycles. The maximum absolute atomic E-state index is 12.7. The van der Waals surface area contributed by atoms with Gasteiger partial charge in [0.05, 0.1) is 6.04 Å². The first-order valence-electron chi connectivity index (χ1n) is 10.9. The summed E-state index contributed by atoms with van der Waals surface area (Å²) in [6.07, 6.45) is 1.63. The van der Waals surface area contributed by atoms with Gasteiger partial charge < -0.3 is 14.2 Å². The van der Waals surface area contributed by atoms with E-state index < -0.39 is 0 Å². The normalized spacial score (nSPS) is 14.5. The molecule has 166 valence electrons. The molecule has 2 heterocycles. The van der Waals surface area contributed by atoms with Gasteiger partial charge in [0.1, 0.15) is 0 Å². The molecule has 1 amide bonds. The topological polar surface area (TPSA) is 54.8 Å². The van der Waals surface area contributed by atoms with Gasteiger partial charge in [-0.05, 0) is 18.1 Å². The highest BCUT2D eigenvalue weighted by Gasteiger charge is 2.28. The van der Waals surface area contributed by atoms with Crippen LogP contribution in [0, 0.1) is 6.92 Å². The number of rotatable bonds is 6. The Morgan fingerprint density at radius 1 is 0.938 bits per heavy atom. The lowest BCUT2D eigenvalue weighted by atomic mass is 9.96. The van der Waals surface area contributed by atoms with Crippen LogP contribution in [0.3, 0.4) is 0 Å². The van der Waals surface area contributed by atoms with Crippen molar-refractivity contribution in [1.29, 1.82) is 0 Å². The van der Waals surface area contributed by atoms with Crippen LogP contribution in [0.5, 0.6) is 5.75 Å². The summed E-state index contributed by atoms with van der Waals surface area (Å²) in [6, 6.07) is 22.6. The molecule has 1 aliphatic heterocycles. The van der Waals surface area contributed by atoms with Gasteiger partial charge in [0, 0.05) is 51.2 Å². The summed E-state index contributed by atoms with van der Waals surface area (Å²) in [5.41, 5.74) is 3.14. The zero-order valence-electron chi connectivity index (χ0n) is 18.6. The summed E-state index contributed by atoms with van der Waals surface area (Å²) in [4.78, 5) is 29.1. The minimum absolute atomic E-state index is 0.0942. The molecule has 0 atom stereocenters. The van der Waals surface area contributed by atoms with Crippen LogP contribution in [0.1, 0.15) is 22.9 Å². The lowest BCUT2D eigenvalue weighted by molar-refractivity contribution is -0.135. The van der Waals surface area contributed by atoms with Gasteiger partial charge in [-0.1, -0.05) is 60.7 Å². The van der Waals surface area contributed by atoms with Crippen LogP contribution in [0.15, 0.2) is 77.7 Å². The number of hydrogen-bond donors (Lipinski definition) is 0. The zero-order valence-corrected chi connectivity index (χ0v) is 18.6. The van der Waals surface area contributed by atoms with E-state index in [0.717, 1.165) is 18.8 Å². The predicted molar refractivity (Wildman–Crippen MR) is 125 cm³/mol. The number of nitrogens with zero attached hydrogens (tertiary/aromatic N) is 3. The quantitative estimate of drug-likeness (QED) is 0.602. The molecule has 3 aromatic rings. The first kappa shape index (κ1) is 21.8. The smallest absolute Gasteiger partial charge is 0.260 e. The van der Waals surface area contributed by atoms with Gasteiger partial charge in [-0.3, -0.25) is 14.5 Å². The van der Waals surface area contributed by atoms with E-state index >= 15 is 0 Å². The van der Waals surface area contributed by atoms with Crippen molar-refractivity contribution in [3.8, 4) is 5.75 Å². The van der Waals surface area contributed by atoms with E-state index in [0.29, 0.717) is 13.1 Å². The molecule has 1 saturated heterocycles. The third-order valence-corrected chi connectivity index (χ3v) is 6.06. The fraction of sp³-hybridized carbons (Fsp3) is 0.308. The second-order valence-corrected chi connectivity index (χ2v) is 8.18. The lowest BCUT2D eigenvalue weighted by Crippen LogP contribution is -2.51. The van der Waals surface area contributed by atoms with Crippen LogP contribution < -0.4 is 10.2 Å². The Balaban J connectivity index is 1.40. The van der Waals surface area contributed by atoms with E-state index in [1.165, 1.54) is 17.2 Å². The second-order valence-electron chi connectivity index (χ2n) is 8.18. The predicted octanol–water partition coefficient (Wildman–Crippen LogP) is 3.01.